The van der Waals surface area contributed by atoms with Crippen LogP contribution in [0.4, 0.5) is 0 Å². The first-order valence-corrected chi connectivity index (χ1v) is 20.8. The Bertz CT molecular complexity index is 967. The number of fused-ring (bicyclic) bond motifs is 11. The van der Waals surface area contributed by atoms with Crippen LogP contribution in [0.15, 0.2) is 0 Å². The van der Waals surface area contributed by atoms with Gasteiger partial charge < -0.3 is 0 Å². The van der Waals surface area contributed by atoms with Crippen LogP contribution in [0.1, 0.15) is 154 Å². The molecule has 0 aromatic carbocycles. The zero-order valence-electron chi connectivity index (χ0n) is 27.4. The van der Waals surface area contributed by atoms with Crippen molar-refractivity contribution in [2.75, 3.05) is 0 Å². The second-order valence-corrected chi connectivity index (χ2v) is 19.4. The van der Waals surface area contributed by atoms with E-state index >= 15 is 0 Å². The van der Waals surface area contributed by atoms with Crippen molar-refractivity contribution < 1.29 is 0 Å². The molecular formula is C42H66. The highest BCUT2D eigenvalue weighted by atomic mass is 14.7. The minimum Gasteiger partial charge on any atom is -0.0530 e. The van der Waals surface area contributed by atoms with Crippen LogP contribution >= 0.6 is 0 Å². The van der Waals surface area contributed by atoms with E-state index in [0.717, 1.165) is 71.0 Å². The number of hydrogen-bond donors (Lipinski definition) is 0. The minimum absolute atomic E-state index is 1.14. The summed E-state index contributed by atoms with van der Waals surface area (Å²) in [4.78, 5) is 0. The van der Waals surface area contributed by atoms with Crippen LogP contribution in [0.2, 0.25) is 0 Å². The standard InChI is InChI=1S/C42H66/c1-2-10-26-22-30(21-25(26)9-1)32-16-7-12-28-24-38-35(39(28)32)17-8-18-36(38)41-34-15-6-5-14-33(34)37-20-19-29-23-27-11-3-4-13-31(27)40(29)42(37)41/h25-42H,1-24H2. The van der Waals surface area contributed by atoms with E-state index in [-0.39, 0.29) is 0 Å². The summed E-state index contributed by atoms with van der Waals surface area (Å²) >= 11 is 0. The molecule has 10 fully saturated rings. The molecule has 17 unspecified atom stereocenters. The van der Waals surface area contributed by atoms with Gasteiger partial charge in [-0.25, -0.2) is 0 Å². The predicted molar refractivity (Wildman–Crippen MR) is 174 cm³/mol. The number of rotatable bonds is 2. The lowest BCUT2D eigenvalue weighted by molar-refractivity contribution is -0.0108. The third-order valence-electron chi connectivity index (χ3n) is 18.6. The van der Waals surface area contributed by atoms with E-state index in [2.05, 4.69) is 0 Å². The normalized spacial score (nSPS) is 60.0. The van der Waals surface area contributed by atoms with Crippen LogP contribution in [-0.4, -0.2) is 0 Å². The molecule has 0 heterocycles. The Labute approximate surface area is 260 Å². The van der Waals surface area contributed by atoms with E-state index < -0.39 is 0 Å². The van der Waals surface area contributed by atoms with Gasteiger partial charge in [0.1, 0.15) is 0 Å². The molecule has 10 aliphatic rings. The molecule has 10 saturated carbocycles. The average Bonchev–Trinajstić information content (AvgIpc) is 3.80. The summed E-state index contributed by atoms with van der Waals surface area (Å²) < 4.78 is 0. The smallest absolute Gasteiger partial charge is 0.0315 e. The lowest BCUT2D eigenvalue weighted by Crippen LogP contribution is -2.43. The molecule has 0 aromatic rings. The van der Waals surface area contributed by atoms with Crippen molar-refractivity contribution in [3.63, 3.8) is 0 Å². The van der Waals surface area contributed by atoms with Crippen LogP contribution < -0.4 is 0 Å². The van der Waals surface area contributed by atoms with Crippen LogP contribution in [-0.2, 0) is 0 Å². The second kappa shape index (κ2) is 10.8. The molecule has 234 valence electrons. The van der Waals surface area contributed by atoms with E-state index in [1.54, 1.807) is 154 Å². The van der Waals surface area contributed by atoms with Gasteiger partial charge in [-0.15, -0.1) is 0 Å². The van der Waals surface area contributed by atoms with Gasteiger partial charge in [-0.3, -0.25) is 0 Å². The topological polar surface area (TPSA) is 0 Å². The van der Waals surface area contributed by atoms with Gasteiger partial charge in [0, 0.05) is 0 Å². The molecule has 42 heavy (non-hydrogen) atoms. The monoisotopic (exact) mass is 571 g/mol. The lowest BCUT2D eigenvalue weighted by Gasteiger charge is -2.49. The quantitative estimate of drug-likeness (QED) is 0.310. The maximum atomic E-state index is 1.71. The summed E-state index contributed by atoms with van der Waals surface area (Å²) in [6.07, 6.45) is 39.1. The van der Waals surface area contributed by atoms with Gasteiger partial charge in [0.2, 0.25) is 0 Å². The van der Waals surface area contributed by atoms with Crippen molar-refractivity contribution in [2.45, 2.75) is 154 Å². The molecular weight excluding hydrogens is 504 g/mol. The number of hydrogen-bond acceptors (Lipinski definition) is 0. The molecule has 0 radical (unpaired) electrons. The van der Waals surface area contributed by atoms with E-state index in [4.69, 9.17) is 0 Å². The highest BCUT2D eigenvalue weighted by molar-refractivity contribution is 5.12. The summed E-state index contributed by atoms with van der Waals surface area (Å²) in [6, 6.07) is 0. The Kier molecular flexibility index (Phi) is 6.97. The molecule has 0 saturated heterocycles. The summed E-state index contributed by atoms with van der Waals surface area (Å²) in [5.74, 6) is 20.9. The van der Waals surface area contributed by atoms with Crippen LogP contribution in [0.25, 0.3) is 0 Å². The van der Waals surface area contributed by atoms with Gasteiger partial charge in [0.05, 0.1) is 0 Å². The fourth-order valence-electron chi connectivity index (χ4n) is 17.8. The molecule has 0 bridgehead atoms. The van der Waals surface area contributed by atoms with Crippen LogP contribution in [0.5, 0.6) is 0 Å². The van der Waals surface area contributed by atoms with Gasteiger partial charge in [0.25, 0.3) is 0 Å². The molecule has 0 aliphatic heterocycles. The van der Waals surface area contributed by atoms with Gasteiger partial charge >= 0.3 is 0 Å². The second-order valence-electron chi connectivity index (χ2n) is 19.4. The molecule has 0 amide bonds. The summed E-state index contributed by atoms with van der Waals surface area (Å²) in [5, 5.41) is 0. The fraction of sp³-hybridized carbons (Fsp3) is 1.00. The summed E-state index contributed by atoms with van der Waals surface area (Å²) in [6.45, 7) is 0. The average molecular weight is 571 g/mol. The molecule has 10 rings (SSSR count). The fourth-order valence-corrected chi connectivity index (χ4v) is 17.8. The Hall–Kier alpha value is 0. The summed E-state index contributed by atoms with van der Waals surface area (Å²) in [7, 11) is 0. The highest BCUT2D eigenvalue weighted by Gasteiger charge is 2.64. The van der Waals surface area contributed by atoms with E-state index in [1.165, 1.54) is 35.5 Å². The van der Waals surface area contributed by atoms with E-state index in [1.807, 2.05) is 0 Å². The van der Waals surface area contributed by atoms with Crippen LogP contribution in [0, 0.1) is 107 Å². The van der Waals surface area contributed by atoms with Crippen LogP contribution in [0.3, 0.4) is 0 Å². The Morgan fingerprint density at radius 1 is 0.190 bits per heavy atom. The van der Waals surface area contributed by atoms with Gasteiger partial charge in [-0.05, 0) is 184 Å². The summed E-state index contributed by atoms with van der Waals surface area (Å²) in [5.41, 5.74) is 0. The lowest BCUT2D eigenvalue weighted by atomic mass is 9.56. The van der Waals surface area contributed by atoms with Crippen molar-refractivity contribution in [2.24, 2.45) is 107 Å². The first kappa shape index (κ1) is 27.1. The molecule has 0 nitrogen and oxygen atoms in total. The van der Waals surface area contributed by atoms with Crippen molar-refractivity contribution in [3.8, 4) is 0 Å². The Morgan fingerprint density at radius 3 is 1.48 bits per heavy atom. The zero-order chi connectivity index (χ0) is 27.4. The van der Waals surface area contributed by atoms with Gasteiger partial charge in [-0.1, -0.05) is 77.0 Å². The van der Waals surface area contributed by atoms with E-state index in [9.17, 15) is 0 Å². The molecule has 0 heteroatoms. The molecule has 10 aliphatic carbocycles. The SMILES string of the molecule is C1CCC2CC(C3CCCC4CC5C(CCCC5C5C6CCCCC6C6CCC7CC8CCCCC8C7C65)C43)CC2C1. The first-order valence-electron chi connectivity index (χ1n) is 20.8. The third-order valence-corrected chi connectivity index (χ3v) is 18.6. The largest absolute Gasteiger partial charge is 0.0530 e. The first-order chi connectivity index (χ1) is 20.8. The van der Waals surface area contributed by atoms with Crippen molar-refractivity contribution in [1.29, 1.82) is 0 Å². The predicted octanol–water partition coefficient (Wildman–Crippen LogP) is 11.6. The molecule has 0 spiro atoms. The van der Waals surface area contributed by atoms with Crippen molar-refractivity contribution >= 4 is 0 Å². The zero-order valence-corrected chi connectivity index (χ0v) is 27.4. The van der Waals surface area contributed by atoms with E-state index in [0.29, 0.717) is 0 Å². The molecule has 0 N–H and O–H groups in total. The molecule has 17 atom stereocenters. The Balaban J connectivity index is 0.964. The van der Waals surface area contributed by atoms with Crippen molar-refractivity contribution in [3.05, 3.63) is 0 Å². The van der Waals surface area contributed by atoms with Crippen molar-refractivity contribution in [1.82, 2.24) is 0 Å². The third kappa shape index (κ3) is 4.09. The van der Waals surface area contributed by atoms with Gasteiger partial charge in [-0.2, -0.15) is 0 Å². The maximum Gasteiger partial charge on any atom is -0.0315 e. The molecule has 0 aromatic heterocycles. The highest BCUT2D eigenvalue weighted by Crippen LogP contribution is 2.71. The maximum absolute atomic E-state index is 1.71. The Morgan fingerprint density at radius 2 is 0.667 bits per heavy atom. The van der Waals surface area contributed by atoms with Gasteiger partial charge in [0.15, 0.2) is 0 Å². The minimum atomic E-state index is 1.14.